The average Bonchev–Trinajstić information content (AvgIpc) is 3.25. The van der Waals surface area contributed by atoms with Crippen LogP contribution in [-0.4, -0.2) is 53.6 Å². The summed E-state index contributed by atoms with van der Waals surface area (Å²) in [5.41, 5.74) is 5.25. The predicted molar refractivity (Wildman–Crippen MR) is 112 cm³/mol. The Labute approximate surface area is 183 Å². The van der Waals surface area contributed by atoms with Gasteiger partial charge in [-0.05, 0) is 49.1 Å². The maximum atomic E-state index is 13.0. The van der Waals surface area contributed by atoms with Crippen LogP contribution in [0.3, 0.4) is 0 Å². The van der Waals surface area contributed by atoms with Gasteiger partial charge >= 0.3 is 0 Å². The molecule has 31 heavy (non-hydrogen) atoms. The molecule has 4 N–H and O–H groups in total. The first-order valence-corrected chi connectivity index (χ1v) is 11.4. The lowest BCUT2D eigenvalue weighted by Crippen LogP contribution is -2.47. The van der Waals surface area contributed by atoms with Gasteiger partial charge in [0.05, 0.1) is 15.8 Å². The summed E-state index contributed by atoms with van der Waals surface area (Å²) in [4.78, 5) is 62.7. The fourth-order valence-corrected chi connectivity index (χ4v) is 5.54. The van der Waals surface area contributed by atoms with Crippen molar-refractivity contribution in [3.63, 3.8) is 0 Å². The first kappa shape index (κ1) is 21.5. The number of amides is 5. The normalized spacial score (nSPS) is 24.2. The second-order valence-electron chi connectivity index (χ2n) is 8.63. The van der Waals surface area contributed by atoms with E-state index in [2.05, 4.69) is 10.6 Å². The Bertz CT molecular complexity index is 909. The van der Waals surface area contributed by atoms with Crippen LogP contribution >= 0.6 is 11.3 Å². The molecule has 2 unspecified atom stereocenters. The van der Waals surface area contributed by atoms with Crippen LogP contribution in [-0.2, 0) is 14.4 Å². The van der Waals surface area contributed by atoms with Crippen molar-refractivity contribution in [2.75, 3.05) is 13.1 Å². The predicted octanol–water partition coefficient (Wildman–Crippen LogP) is 0.647. The Morgan fingerprint density at radius 3 is 2.39 bits per heavy atom. The van der Waals surface area contributed by atoms with Crippen LogP contribution in [0, 0.1) is 17.8 Å². The van der Waals surface area contributed by atoms with Crippen LogP contribution in [0.2, 0.25) is 0 Å². The third kappa shape index (κ3) is 4.95. The van der Waals surface area contributed by atoms with Gasteiger partial charge in [0.1, 0.15) is 0 Å². The Kier molecular flexibility index (Phi) is 6.08. The van der Waals surface area contributed by atoms with E-state index in [9.17, 15) is 24.0 Å². The number of thiophene rings is 1. The molecule has 5 amide bonds. The highest BCUT2D eigenvalue weighted by molar-refractivity contribution is 7.15. The molecule has 2 saturated heterocycles. The molecule has 166 valence electrons. The highest BCUT2D eigenvalue weighted by atomic mass is 32.1. The van der Waals surface area contributed by atoms with Crippen LogP contribution in [0.25, 0.3) is 0 Å². The van der Waals surface area contributed by atoms with Crippen LogP contribution in [0.1, 0.15) is 57.9 Å². The second-order valence-corrected chi connectivity index (χ2v) is 9.72. The summed E-state index contributed by atoms with van der Waals surface area (Å²) in [6, 6.07) is 3.00. The summed E-state index contributed by atoms with van der Waals surface area (Å²) in [7, 11) is 0. The van der Waals surface area contributed by atoms with E-state index in [0.717, 1.165) is 30.6 Å². The molecule has 2 atom stereocenters. The van der Waals surface area contributed by atoms with Gasteiger partial charge in [-0.3, -0.25) is 29.3 Å². The lowest BCUT2D eigenvalue weighted by Gasteiger charge is -2.30. The largest absolute Gasteiger partial charge is 0.365 e. The van der Waals surface area contributed by atoms with Crippen molar-refractivity contribution in [3.8, 4) is 0 Å². The van der Waals surface area contributed by atoms with E-state index in [4.69, 9.17) is 5.73 Å². The minimum Gasteiger partial charge on any atom is -0.365 e. The lowest BCUT2D eigenvalue weighted by molar-refractivity contribution is -0.137. The van der Waals surface area contributed by atoms with E-state index in [1.165, 1.54) is 6.07 Å². The summed E-state index contributed by atoms with van der Waals surface area (Å²) in [5.74, 6) is -0.955. The standard InChI is InChI=1S/C21H26N4O5S/c22-20(29)15-3-4-16(31-15)21(30)23-10-14-13(12-1-2-12)5-6-25(14)19(28)9-11-7-17(26)24-18(27)8-11/h3-4,11-14H,1-2,5-10H2,(H2,22,29)(H,23,30)(H,24,26,27). The zero-order valence-electron chi connectivity index (χ0n) is 17.1. The van der Waals surface area contributed by atoms with E-state index < -0.39 is 5.91 Å². The number of nitrogens with one attached hydrogen (secondary N) is 2. The molecule has 3 aliphatic rings. The van der Waals surface area contributed by atoms with E-state index in [1.54, 1.807) is 6.07 Å². The minimum absolute atomic E-state index is 0.0676. The third-order valence-corrected chi connectivity index (χ3v) is 7.48. The van der Waals surface area contributed by atoms with Crippen molar-refractivity contribution >= 4 is 40.9 Å². The number of primary amides is 1. The molecule has 0 spiro atoms. The Morgan fingerprint density at radius 2 is 1.77 bits per heavy atom. The van der Waals surface area contributed by atoms with Gasteiger partial charge in [-0.1, -0.05) is 0 Å². The Hall–Kier alpha value is -2.75. The molecule has 1 aliphatic carbocycles. The summed E-state index contributed by atoms with van der Waals surface area (Å²) in [6.45, 7) is 0.956. The van der Waals surface area contributed by atoms with Gasteiger partial charge in [0.15, 0.2) is 0 Å². The number of rotatable bonds is 7. The van der Waals surface area contributed by atoms with Gasteiger partial charge in [0.2, 0.25) is 17.7 Å². The van der Waals surface area contributed by atoms with Crippen LogP contribution < -0.4 is 16.4 Å². The van der Waals surface area contributed by atoms with Crippen molar-refractivity contribution in [2.24, 2.45) is 23.5 Å². The first-order valence-electron chi connectivity index (χ1n) is 10.6. The molecule has 1 aromatic heterocycles. The number of nitrogens with two attached hydrogens (primary N) is 1. The van der Waals surface area contributed by atoms with Gasteiger partial charge < -0.3 is 16.0 Å². The molecule has 9 nitrogen and oxygen atoms in total. The van der Waals surface area contributed by atoms with Crippen molar-refractivity contribution < 1.29 is 24.0 Å². The summed E-state index contributed by atoms with van der Waals surface area (Å²) in [6.07, 6.45) is 3.70. The molecular formula is C21H26N4O5S. The smallest absolute Gasteiger partial charge is 0.261 e. The van der Waals surface area contributed by atoms with E-state index in [-0.39, 0.29) is 54.9 Å². The van der Waals surface area contributed by atoms with Gasteiger partial charge in [-0.25, -0.2) is 0 Å². The summed E-state index contributed by atoms with van der Waals surface area (Å²) < 4.78 is 0. The molecular weight excluding hydrogens is 420 g/mol. The second kappa shape index (κ2) is 8.78. The van der Waals surface area contributed by atoms with Crippen LogP contribution in [0.15, 0.2) is 12.1 Å². The number of hydrogen-bond acceptors (Lipinski definition) is 6. The quantitative estimate of drug-likeness (QED) is 0.528. The van der Waals surface area contributed by atoms with Gasteiger partial charge in [-0.15, -0.1) is 11.3 Å². The number of carbonyl (C=O) groups excluding carboxylic acids is 5. The van der Waals surface area contributed by atoms with Gasteiger partial charge in [0.25, 0.3) is 11.8 Å². The van der Waals surface area contributed by atoms with Gasteiger partial charge in [0, 0.05) is 32.4 Å². The summed E-state index contributed by atoms with van der Waals surface area (Å²) in [5, 5.41) is 5.19. The summed E-state index contributed by atoms with van der Waals surface area (Å²) >= 11 is 1.04. The maximum absolute atomic E-state index is 13.0. The third-order valence-electron chi connectivity index (χ3n) is 6.38. The fraction of sp³-hybridized carbons (Fsp3) is 0.571. The molecule has 3 fully saturated rings. The molecule has 2 aliphatic heterocycles. The average molecular weight is 447 g/mol. The molecule has 1 aromatic rings. The van der Waals surface area contributed by atoms with Gasteiger partial charge in [-0.2, -0.15) is 0 Å². The minimum atomic E-state index is -0.569. The van der Waals surface area contributed by atoms with Crippen molar-refractivity contribution in [1.82, 2.24) is 15.5 Å². The number of imide groups is 1. The monoisotopic (exact) mass is 446 g/mol. The van der Waals surface area contributed by atoms with Crippen molar-refractivity contribution in [3.05, 3.63) is 21.9 Å². The number of likely N-dealkylation sites (tertiary alicyclic amines) is 1. The molecule has 10 heteroatoms. The Balaban J connectivity index is 1.39. The first-order chi connectivity index (χ1) is 14.8. The fourth-order valence-electron chi connectivity index (χ4n) is 4.76. The van der Waals surface area contributed by atoms with E-state index >= 15 is 0 Å². The highest BCUT2D eigenvalue weighted by Crippen LogP contribution is 2.44. The molecule has 0 radical (unpaired) electrons. The molecule has 0 aromatic carbocycles. The molecule has 0 bridgehead atoms. The maximum Gasteiger partial charge on any atom is 0.261 e. The molecule has 1 saturated carbocycles. The van der Waals surface area contributed by atoms with Crippen molar-refractivity contribution in [1.29, 1.82) is 0 Å². The van der Waals surface area contributed by atoms with Crippen LogP contribution in [0.5, 0.6) is 0 Å². The number of nitrogens with zero attached hydrogens (tertiary/aromatic N) is 1. The van der Waals surface area contributed by atoms with E-state index in [0.29, 0.717) is 34.7 Å². The number of hydrogen-bond donors (Lipinski definition) is 3. The Morgan fingerprint density at radius 1 is 1.10 bits per heavy atom. The van der Waals surface area contributed by atoms with Crippen LogP contribution in [0.4, 0.5) is 0 Å². The lowest BCUT2D eigenvalue weighted by atomic mass is 9.92. The highest BCUT2D eigenvalue weighted by Gasteiger charge is 2.45. The van der Waals surface area contributed by atoms with Crippen molar-refractivity contribution in [2.45, 2.75) is 44.6 Å². The zero-order valence-corrected chi connectivity index (χ0v) is 17.9. The number of carbonyl (C=O) groups is 5. The SMILES string of the molecule is NC(=O)c1ccc(C(=O)NCC2C(C3CC3)CCN2C(=O)CC2CC(=O)NC(=O)C2)s1. The molecule has 4 rings (SSSR count). The zero-order chi connectivity index (χ0) is 22.1. The number of piperidine rings is 1. The molecule has 3 heterocycles. The van der Waals surface area contributed by atoms with E-state index in [1.807, 2.05) is 4.90 Å². The topological polar surface area (TPSA) is 139 Å².